The van der Waals surface area contributed by atoms with Crippen molar-refractivity contribution < 1.29 is 25.8 Å². The number of rotatable bonds is 2. The Morgan fingerprint density at radius 2 is 1.73 bits per heavy atom. The Bertz CT molecular complexity index is 251. The Morgan fingerprint density at radius 1 is 1.36 bits per heavy atom. The minimum atomic E-state index is -4.70. The lowest BCUT2D eigenvalue weighted by atomic mass is 10.8. The van der Waals surface area contributed by atoms with Gasteiger partial charge in [-0.05, 0) is 0 Å². The molecule has 1 atom stereocenters. The van der Waals surface area contributed by atoms with E-state index in [9.17, 15) is 25.8 Å². The molecule has 0 spiro atoms. The van der Waals surface area contributed by atoms with Gasteiger partial charge in [0.2, 0.25) is 8.87 Å². The van der Waals surface area contributed by atoms with E-state index in [1.807, 2.05) is 0 Å². The summed E-state index contributed by atoms with van der Waals surface area (Å²) >= 11 is 0. The third kappa shape index (κ3) is 5.19. The normalized spacial score (nSPS) is 16.4. The van der Waals surface area contributed by atoms with Crippen LogP contribution >= 0.6 is 0 Å². The van der Waals surface area contributed by atoms with E-state index in [4.69, 9.17) is 0 Å². The first-order valence-corrected chi connectivity index (χ1v) is 6.01. The van der Waals surface area contributed by atoms with Crippen LogP contribution in [-0.4, -0.2) is 30.8 Å². The maximum absolute atomic E-state index is 11.4. The Labute approximate surface area is 63.4 Å². The van der Waals surface area contributed by atoms with E-state index in [1.165, 1.54) is 0 Å². The van der Waals surface area contributed by atoms with Crippen LogP contribution in [0.15, 0.2) is 0 Å². The summed E-state index contributed by atoms with van der Waals surface area (Å²) in [4.78, 5) is 0. The van der Waals surface area contributed by atoms with Crippen molar-refractivity contribution in [2.45, 2.75) is 6.18 Å². The van der Waals surface area contributed by atoms with Crippen molar-refractivity contribution in [3.8, 4) is 0 Å². The summed E-state index contributed by atoms with van der Waals surface area (Å²) in [5, 5.41) is 0. The molecule has 11 heavy (non-hydrogen) atoms. The molecule has 1 unspecified atom stereocenters. The molecule has 0 heterocycles. The van der Waals surface area contributed by atoms with E-state index in [-0.39, 0.29) is 0 Å². The monoisotopic (exact) mass is 210 g/mol. The lowest BCUT2D eigenvalue weighted by Crippen LogP contribution is -2.22. The molecule has 0 rings (SSSR count). The van der Waals surface area contributed by atoms with Gasteiger partial charge in [-0.15, -0.1) is 0 Å². The highest BCUT2D eigenvalue weighted by Gasteiger charge is 2.34. The molecule has 8 heteroatoms. The minimum absolute atomic E-state index is 0.495. The molecule has 0 aromatic rings. The minimum Gasteiger partial charge on any atom is -0.243 e. The highest BCUT2D eigenvalue weighted by atomic mass is 33.2. The molecule has 0 fully saturated rings. The highest BCUT2D eigenvalue weighted by molar-refractivity contribution is 8.63. The highest BCUT2D eigenvalue weighted by Crippen LogP contribution is 2.17. The first-order chi connectivity index (χ1) is 4.63. The van der Waals surface area contributed by atoms with Crippen molar-refractivity contribution in [3.63, 3.8) is 0 Å². The molecule has 3 nitrogen and oxygen atoms in total. The predicted octanol–water partition coefficient (Wildman–Crippen LogP) is 0.257. The summed E-state index contributed by atoms with van der Waals surface area (Å²) in [6.45, 7) is 0. The fourth-order valence-electron chi connectivity index (χ4n) is 0.241. The smallest absolute Gasteiger partial charge is 0.243 e. The Hall–Kier alpha value is -0.110. The van der Waals surface area contributed by atoms with Crippen LogP contribution in [0, 0.1) is 0 Å². The molecule has 0 aromatic heterocycles. The van der Waals surface area contributed by atoms with Gasteiger partial charge in [-0.2, -0.15) is 13.2 Å². The topological polar surface area (TPSA) is 51.2 Å². The Morgan fingerprint density at radius 3 is 1.82 bits per heavy atom. The predicted molar refractivity (Wildman–Crippen MR) is 33.9 cm³/mol. The van der Waals surface area contributed by atoms with Crippen LogP contribution in [0.25, 0.3) is 0 Å². The molecule has 0 bridgehead atoms. The van der Waals surface area contributed by atoms with Crippen LogP contribution in [0.3, 0.4) is 0 Å². The zero-order valence-corrected chi connectivity index (χ0v) is 7.02. The summed E-state index contributed by atoms with van der Waals surface area (Å²) in [6.07, 6.45) is -4.21. The standard InChI is InChI=1S/C3H5F3O3S2/c1-11(8,9)10(7)2-3(4,5)6/h2H2,1H3. The Balaban J connectivity index is 4.35. The molecule has 0 saturated carbocycles. The average molecular weight is 210 g/mol. The van der Waals surface area contributed by atoms with Gasteiger partial charge in [-0.1, -0.05) is 0 Å². The van der Waals surface area contributed by atoms with Crippen LogP contribution in [0.4, 0.5) is 13.2 Å². The van der Waals surface area contributed by atoms with E-state index >= 15 is 0 Å². The van der Waals surface area contributed by atoms with Crippen molar-refractivity contribution in [2.75, 3.05) is 12.0 Å². The van der Waals surface area contributed by atoms with Crippen molar-refractivity contribution in [3.05, 3.63) is 0 Å². The van der Waals surface area contributed by atoms with E-state index < -0.39 is 30.6 Å². The SMILES string of the molecule is CS(=O)(=O)S(=O)CC(F)(F)F. The molecular weight excluding hydrogens is 205 g/mol. The first kappa shape index (κ1) is 10.9. The second-order valence-corrected chi connectivity index (χ2v) is 7.00. The van der Waals surface area contributed by atoms with E-state index in [0.717, 1.165) is 0 Å². The maximum atomic E-state index is 11.4. The summed E-state index contributed by atoms with van der Waals surface area (Å²) in [6, 6.07) is 0. The third-order valence-corrected chi connectivity index (χ3v) is 4.24. The number of hydrogen-bond donors (Lipinski definition) is 0. The van der Waals surface area contributed by atoms with Crippen molar-refractivity contribution >= 4 is 18.7 Å². The second-order valence-electron chi connectivity index (χ2n) is 1.77. The number of halogens is 3. The summed E-state index contributed by atoms with van der Waals surface area (Å²) < 4.78 is 64.8. The lowest BCUT2D eigenvalue weighted by molar-refractivity contribution is -0.105. The first-order valence-electron chi connectivity index (χ1n) is 2.28. The van der Waals surface area contributed by atoms with Gasteiger partial charge >= 0.3 is 6.18 Å². The molecular formula is C3H5F3O3S2. The quantitative estimate of drug-likeness (QED) is 0.614. The van der Waals surface area contributed by atoms with Crippen molar-refractivity contribution in [1.29, 1.82) is 0 Å². The molecule has 0 aliphatic heterocycles. The van der Waals surface area contributed by atoms with Crippen molar-refractivity contribution in [2.24, 2.45) is 0 Å². The van der Waals surface area contributed by atoms with E-state index in [1.54, 1.807) is 0 Å². The van der Waals surface area contributed by atoms with Gasteiger partial charge in [-0.25, -0.2) is 12.6 Å². The zero-order chi connectivity index (χ0) is 9.28. The van der Waals surface area contributed by atoms with Crippen molar-refractivity contribution in [1.82, 2.24) is 0 Å². The van der Waals surface area contributed by atoms with Crippen LogP contribution < -0.4 is 0 Å². The molecule has 0 N–H and O–H groups in total. The van der Waals surface area contributed by atoms with Gasteiger partial charge in [0.05, 0.1) is 6.26 Å². The fourth-order valence-corrected chi connectivity index (χ4v) is 1.77. The average Bonchev–Trinajstić information content (AvgIpc) is 1.56. The van der Waals surface area contributed by atoms with Crippen LogP contribution in [-0.2, 0) is 18.7 Å². The number of alkyl halides is 3. The molecule has 0 aliphatic rings. The second kappa shape index (κ2) is 3.10. The third-order valence-electron chi connectivity index (χ3n) is 0.619. The summed E-state index contributed by atoms with van der Waals surface area (Å²) in [7, 11) is -6.94. The maximum Gasteiger partial charge on any atom is 0.401 e. The summed E-state index contributed by atoms with van der Waals surface area (Å²) in [5.74, 6) is -1.80. The van der Waals surface area contributed by atoms with Gasteiger partial charge in [0.1, 0.15) is 15.6 Å². The number of hydrogen-bond acceptors (Lipinski definition) is 3. The molecule has 68 valence electrons. The van der Waals surface area contributed by atoms with Gasteiger partial charge in [0.25, 0.3) is 0 Å². The zero-order valence-electron chi connectivity index (χ0n) is 5.38. The fraction of sp³-hybridized carbons (Fsp3) is 1.00. The van der Waals surface area contributed by atoms with E-state index in [0.29, 0.717) is 6.26 Å². The van der Waals surface area contributed by atoms with E-state index in [2.05, 4.69) is 0 Å². The van der Waals surface area contributed by atoms with Gasteiger partial charge in [0.15, 0.2) is 0 Å². The molecule has 0 radical (unpaired) electrons. The van der Waals surface area contributed by atoms with Gasteiger partial charge in [0, 0.05) is 0 Å². The Kier molecular flexibility index (Phi) is 3.06. The van der Waals surface area contributed by atoms with Crippen LogP contribution in [0.1, 0.15) is 0 Å². The molecule has 0 aliphatic carbocycles. The van der Waals surface area contributed by atoms with Crippen LogP contribution in [0.5, 0.6) is 0 Å². The summed E-state index contributed by atoms with van der Waals surface area (Å²) in [5.41, 5.74) is 0. The molecule has 0 aromatic carbocycles. The lowest BCUT2D eigenvalue weighted by Gasteiger charge is -2.03. The molecule has 0 amide bonds. The largest absolute Gasteiger partial charge is 0.401 e. The van der Waals surface area contributed by atoms with Crippen LogP contribution in [0.2, 0.25) is 0 Å². The van der Waals surface area contributed by atoms with Gasteiger partial charge in [-0.3, -0.25) is 0 Å². The van der Waals surface area contributed by atoms with Gasteiger partial charge < -0.3 is 0 Å². The molecule has 0 saturated heterocycles.